The Morgan fingerprint density at radius 3 is 1.25 bits per heavy atom. The number of allylic oxidation sites excluding steroid dienone is 4. The molecule has 0 unspecified atom stereocenters. The van der Waals surface area contributed by atoms with Gasteiger partial charge < -0.3 is 0 Å². The van der Waals surface area contributed by atoms with Gasteiger partial charge in [0, 0.05) is 0 Å². The van der Waals surface area contributed by atoms with Crippen molar-refractivity contribution in [3.63, 3.8) is 0 Å². The second-order valence-corrected chi connectivity index (χ2v) is 18.1. The second-order valence-electron chi connectivity index (χ2n) is 7.19. The molecule has 0 bridgehead atoms. The van der Waals surface area contributed by atoms with Gasteiger partial charge in [0.1, 0.15) is 0 Å². The minimum atomic E-state index is -2.97. The number of hydrogen-bond acceptors (Lipinski definition) is 3. The van der Waals surface area contributed by atoms with E-state index < -0.39 is 21.1 Å². The van der Waals surface area contributed by atoms with Crippen molar-refractivity contribution in [2.24, 2.45) is 5.41 Å². The Morgan fingerprint density at radius 1 is 0.700 bits per heavy atom. The van der Waals surface area contributed by atoms with Crippen molar-refractivity contribution >= 4 is 0 Å². The molecule has 1 aliphatic carbocycles. The quantitative estimate of drug-likeness (QED) is 0.764. The summed E-state index contributed by atoms with van der Waals surface area (Å²) in [4.78, 5) is 0. The molecule has 0 atom stereocenters. The van der Waals surface area contributed by atoms with E-state index in [4.69, 9.17) is 0 Å². The van der Waals surface area contributed by atoms with Crippen molar-refractivity contribution in [3.05, 3.63) is 20.0 Å². The van der Waals surface area contributed by atoms with Crippen LogP contribution in [0.25, 0.3) is 0 Å². The molecule has 0 heterocycles. The Labute approximate surface area is 131 Å². The van der Waals surface area contributed by atoms with E-state index in [0.29, 0.717) is 0 Å². The summed E-state index contributed by atoms with van der Waals surface area (Å²) in [6, 6.07) is 0. The first-order chi connectivity index (χ1) is 8.93. The summed E-state index contributed by atoms with van der Waals surface area (Å²) in [6.45, 7) is 11.7. The second kappa shape index (κ2) is 5.80. The summed E-state index contributed by atoms with van der Waals surface area (Å²) in [5.74, 6) is 0. The van der Waals surface area contributed by atoms with Gasteiger partial charge in [0.05, 0.1) is 0 Å². The number of hydrogen-bond donors (Lipinski definition) is 0. The minimum absolute atomic E-state index is 0.170. The molecule has 0 saturated heterocycles. The van der Waals surface area contributed by atoms with Crippen LogP contribution in [-0.4, -0.2) is 50.8 Å². The fourth-order valence-electron chi connectivity index (χ4n) is 4.14. The van der Waals surface area contributed by atoms with Crippen molar-refractivity contribution in [1.29, 1.82) is 0 Å². The standard InChI is InChI=1S/C10H15.3C2H6N.Zr/c1-7-6-10(4,5)9(3)8(7)2;3*1-3-2;/h1-5H3;3*1-2H3;/q;3*-1;+3. The molecular formula is C16H33N3Zr. The monoisotopic (exact) mass is 357 g/mol. The molecule has 20 heavy (non-hydrogen) atoms. The Bertz CT molecular complexity index is 435. The predicted octanol–water partition coefficient (Wildman–Crippen LogP) is 3.22. The molecule has 0 spiro atoms. The molecule has 0 aromatic heterocycles. The van der Waals surface area contributed by atoms with E-state index >= 15 is 0 Å². The summed E-state index contributed by atoms with van der Waals surface area (Å²) in [5, 5.41) is 0. The Hall–Kier alpha value is 0.243. The predicted molar refractivity (Wildman–Crippen MR) is 85.9 cm³/mol. The Kier molecular flexibility index (Phi) is 5.30. The van der Waals surface area contributed by atoms with Crippen molar-refractivity contribution in [2.75, 3.05) is 42.3 Å². The van der Waals surface area contributed by atoms with E-state index in [1.807, 2.05) is 0 Å². The molecule has 3 nitrogen and oxygen atoms in total. The average molecular weight is 359 g/mol. The van der Waals surface area contributed by atoms with Gasteiger partial charge in [-0.15, -0.1) is 0 Å². The van der Waals surface area contributed by atoms with Crippen LogP contribution in [0.15, 0.2) is 20.0 Å². The average Bonchev–Trinajstić information content (AvgIpc) is 2.43. The summed E-state index contributed by atoms with van der Waals surface area (Å²) in [5.41, 5.74) is 4.73. The molecule has 0 radical (unpaired) electrons. The van der Waals surface area contributed by atoms with Gasteiger partial charge in [-0.3, -0.25) is 0 Å². The maximum atomic E-state index is 2.53. The van der Waals surface area contributed by atoms with Crippen molar-refractivity contribution in [1.82, 2.24) is 8.53 Å². The van der Waals surface area contributed by atoms with Crippen LogP contribution >= 0.6 is 0 Å². The normalized spacial score (nSPS) is 20.1. The SMILES string of the molecule is CC1=C(C)C(C)(C)[C]([Zr]([N](C)C)([N](C)C)[N](C)C)=C1C. The fraction of sp³-hybridized carbons (Fsp3) is 0.750. The summed E-state index contributed by atoms with van der Waals surface area (Å²) in [6.07, 6.45) is 0. The van der Waals surface area contributed by atoms with E-state index in [0.717, 1.165) is 0 Å². The van der Waals surface area contributed by atoms with Crippen molar-refractivity contribution in [3.8, 4) is 0 Å². The molecule has 1 rings (SSSR count). The van der Waals surface area contributed by atoms with Crippen LogP contribution in [-0.2, 0) is 21.1 Å². The third-order valence-electron chi connectivity index (χ3n) is 5.27. The van der Waals surface area contributed by atoms with Gasteiger partial charge in [0.25, 0.3) is 0 Å². The number of rotatable bonds is 4. The first kappa shape index (κ1) is 18.3. The molecule has 0 fully saturated rings. The fourth-order valence-corrected chi connectivity index (χ4v) is 17.6. The van der Waals surface area contributed by atoms with E-state index in [1.165, 1.54) is 16.7 Å². The van der Waals surface area contributed by atoms with Gasteiger partial charge in [-0.05, 0) is 0 Å². The zero-order valence-electron chi connectivity index (χ0n) is 15.3. The molecule has 0 saturated carbocycles. The first-order valence-corrected chi connectivity index (χ1v) is 11.9. The van der Waals surface area contributed by atoms with Gasteiger partial charge in [-0.2, -0.15) is 0 Å². The Morgan fingerprint density at radius 2 is 1.05 bits per heavy atom. The van der Waals surface area contributed by atoms with Gasteiger partial charge in [0.2, 0.25) is 0 Å². The van der Waals surface area contributed by atoms with Gasteiger partial charge >= 0.3 is 132 Å². The summed E-state index contributed by atoms with van der Waals surface area (Å²) in [7, 11) is 13.6. The van der Waals surface area contributed by atoms with Gasteiger partial charge in [-0.25, -0.2) is 0 Å². The van der Waals surface area contributed by atoms with Crippen LogP contribution in [0.3, 0.4) is 0 Å². The zero-order valence-corrected chi connectivity index (χ0v) is 17.8. The van der Waals surface area contributed by atoms with E-state index in [-0.39, 0.29) is 5.41 Å². The molecule has 0 amide bonds. The molecule has 0 N–H and O–H groups in total. The Balaban J connectivity index is 3.69. The summed E-state index contributed by atoms with van der Waals surface area (Å²) >= 11 is -2.97. The molecule has 4 heteroatoms. The van der Waals surface area contributed by atoms with Crippen LogP contribution in [0.4, 0.5) is 0 Å². The summed E-state index contributed by atoms with van der Waals surface area (Å²) < 4.78 is 9.28. The van der Waals surface area contributed by atoms with Crippen LogP contribution in [0.2, 0.25) is 0 Å². The zero-order chi connectivity index (χ0) is 16.0. The molecule has 0 aromatic rings. The van der Waals surface area contributed by atoms with Crippen LogP contribution < -0.4 is 0 Å². The topological polar surface area (TPSA) is 9.72 Å². The van der Waals surface area contributed by atoms with Gasteiger partial charge in [0.15, 0.2) is 0 Å². The third-order valence-corrected chi connectivity index (χ3v) is 18.6. The van der Waals surface area contributed by atoms with Crippen LogP contribution in [0.1, 0.15) is 34.6 Å². The van der Waals surface area contributed by atoms with Crippen molar-refractivity contribution in [2.45, 2.75) is 34.6 Å². The van der Waals surface area contributed by atoms with Gasteiger partial charge in [-0.1, -0.05) is 0 Å². The molecule has 0 aromatic carbocycles. The molecular weight excluding hydrogens is 325 g/mol. The first-order valence-electron chi connectivity index (χ1n) is 7.35. The van der Waals surface area contributed by atoms with E-state index in [1.54, 1.807) is 3.28 Å². The van der Waals surface area contributed by atoms with Crippen LogP contribution in [0, 0.1) is 5.41 Å². The maximum absolute atomic E-state index is 2.97. The third kappa shape index (κ3) is 2.33. The molecule has 1 aliphatic rings. The van der Waals surface area contributed by atoms with Crippen molar-refractivity contribution < 1.29 is 21.1 Å². The van der Waals surface area contributed by atoms with Crippen LogP contribution in [0.5, 0.6) is 0 Å². The molecule has 0 aliphatic heterocycles. The van der Waals surface area contributed by atoms with E-state index in [2.05, 4.69) is 85.4 Å². The van der Waals surface area contributed by atoms with E-state index in [9.17, 15) is 0 Å². The number of nitrogens with zero attached hydrogens (tertiary/aromatic N) is 3. The molecule has 116 valence electrons.